The number of benzene rings is 2. The Morgan fingerprint density at radius 1 is 1.16 bits per heavy atom. The van der Waals surface area contributed by atoms with Crippen LogP contribution in [0.3, 0.4) is 0 Å². The number of nitrogens with one attached hydrogen (secondary N) is 2. The Morgan fingerprint density at radius 3 is 2.64 bits per heavy atom. The molecule has 1 heterocycles. The van der Waals surface area contributed by atoms with Crippen molar-refractivity contribution in [2.45, 2.75) is 26.5 Å². The van der Waals surface area contributed by atoms with Gasteiger partial charge in [0.25, 0.3) is 5.91 Å². The molecule has 0 spiro atoms. The number of H-pyrrole nitrogens is 1. The van der Waals surface area contributed by atoms with Gasteiger partial charge in [-0.05, 0) is 25.5 Å². The zero-order valence-electron chi connectivity index (χ0n) is 14.1. The van der Waals surface area contributed by atoms with Crippen molar-refractivity contribution in [1.29, 1.82) is 0 Å². The molecule has 6 nitrogen and oxygen atoms in total. The van der Waals surface area contributed by atoms with Gasteiger partial charge in [0.1, 0.15) is 0 Å². The number of nitrogens with zero attached hydrogens (tertiary/aromatic N) is 1. The lowest BCUT2D eigenvalue weighted by Crippen LogP contribution is -2.35. The van der Waals surface area contributed by atoms with Gasteiger partial charge in [0.2, 0.25) is 0 Å². The third-order valence-corrected chi connectivity index (χ3v) is 3.90. The lowest BCUT2D eigenvalue weighted by molar-refractivity contribution is -0.129. The van der Waals surface area contributed by atoms with Crippen molar-refractivity contribution in [3.63, 3.8) is 0 Å². The zero-order valence-corrected chi connectivity index (χ0v) is 14.1. The number of fused-ring (bicyclic) bond motifs is 1. The standard InChI is InChI=1S/C19H19N3O3/c1-12-7-9-14(10-8-12)11-20-18(23)13(2)25-19(24)17-15-5-3-4-6-16(15)21-22-17/h3-10,13H,11H2,1-2H3,(H,20,23)(H,21,22)/t13-/m1/s1. The fourth-order valence-corrected chi connectivity index (χ4v) is 2.43. The fourth-order valence-electron chi connectivity index (χ4n) is 2.43. The third-order valence-electron chi connectivity index (χ3n) is 3.90. The quantitative estimate of drug-likeness (QED) is 0.701. The average Bonchev–Trinajstić information content (AvgIpc) is 3.05. The van der Waals surface area contributed by atoms with Gasteiger partial charge in [-0.25, -0.2) is 4.79 Å². The first-order valence-electron chi connectivity index (χ1n) is 8.02. The number of amides is 1. The Balaban J connectivity index is 1.59. The highest BCUT2D eigenvalue weighted by atomic mass is 16.5. The number of para-hydroxylation sites is 1. The molecule has 0 saturated carbocycles. The van der Waals surface area contributed by atoms with E-state index in [2.05, 4.69) is 15.5 Å². The smallest absolute Gasteiger partial charge is 0.360 e. The van der Waals surface area contributed by atoms with E-state index in [4.69, 9.17) is 4.74 Å². The largest absolute Gasteiger partial charge is 0.448 e. The first-order chi connectivity index (χ1) is 12.0. The molecular formula is C19H19N3O3. The summed E-state index contributed by atoms with van der Waals surface area (Å²) in [5.41, 5.74) is 3.05. The van der Waals surface area contributed by atoms with Crippen LogP contribution >= 0.6 is 0 Å². The Morgan fingerprint density at radius 2 is 1.88 bits per heavy atom. The van der Waals surface area contributed by atoms with Crippen molar-refractivity contribution >= 4 is 22.8 Å². The predicted molar refractivity (Wildman–Crippen MR) is 94.0 cm³/mol. The molecule has 3 rings (SSSR count). The van der Waals surface area contributed by atoms with Crippen LogP contribution in [-0.4, -0.2) is 28.2 Å². The van der Waals surface area contributed by atoms with E-state index in [1.807, 2.05) is 49.4 Å². The van der Waals surface area contributed by atoms with E-state index in [1.54, 1.807) is 6.07 Å². The van der Waals surface area contributed by atoms with E-state index in [1.165, 1.54) is 6.92 Å². The first kappa shape index (κ1) is 16.7. The number of rotatable bonds is 5. The van der Waals surface area contributed by atoms with Crippen molar-refractivity contribution in [3.05, 3.63) is 65.4 Å². The van der Waals surface area contributed by atoms with Gasteiger partial charge in [0, 0.05) is 11.9 Å². The zero-order chi connectivity index (χ0) is 17.8. The molecule has 6 heteroatoms. The minimum atomic E-state index is -0.909. The molecule has 0 fully saturated rings. The van der Waals surface area contributed by atoms with Crippen LogP contribution in [0.25, 0.3) is 10.9 Å². The molecule has 1 aromatic heterocycles. The van der Waals surface area contributed by atoms with Crippen molar-refractivity contribution in [2.24, 2.45) is 0 Å². The van der Waals surface area contributed by atoms with E-state index >= 15 is 0 Å². The Hall–Kier alpha value is -3.15. The van der Waals surface area contributed by atoms with Crippen molar-refractivity contribution in [3.8, 4) is 0 Å². The van der Waals surface area contributed by atoms with Gasteiger partial charge in [0.05, 0.1) is 5.52 Å². The number of carbonyl (C=O) groups is 2. The number of aryl methyl sites for hydroxylation is 1. The molecule has 25 heavy (non-hydrogen) atoms. The lowest BCUT2D eigenvalue weighted by atomic mass is 10.1. The minimum absolute atomic E-state index is 0.175. The molecular weight excluding hydrogens is 318 g/mol. The normalized spacial score (nSPS) is 11.9. The highest BCUT2D eigenvalue weighted by Crippen LogP contribution is 2.16. The molecule has 0 radical (unpaired) electrons. The second kappa shape index (κ2) is 7.17. The Bertz CT molecular complexity index is 900. The molecule has 2 aromatic carbocycles. The van der Waals surface area contributed by atoms with Gasteiger partial charge in [-0.2, -0.15) is 5.10 Å². The summed E-state index contributed by atoms with van der Waals surface area (Å²) >= 11 is 0. The molecule has 3 aromatic rings. The van der Waals surface area contributed by atoms with Crippen LogP contribution in [0.1, 0.15) is 28.5 Å². The Kier molecular flexibility index (Phi) is 4.79. The predicted octanol–water partition coefficient (Wildman–Crippen LogP) is 2.73. The average molecular weight is 337 g/mol. The van der Waals surface area contributed by atoms with Crippen LogP contribution in [-0.2, 0) is 16.1 Å². The van der Waals surface area contributed by atoms with Crippen molar-refractivity contribution in [1.82, 2.24) is 15.5 Å². The maximum atomic E-state index is 12.3. The molecule has 0 aliphatic heterocycles. The maximum Gasteiger partial charge on any atom is 0.360 e. The van der Waals surface area contributed by atoms with Crippen LogP contribution in [0.15, 0.2) is 48.5 Å². The minimum Gasteiger partial charge on any atom is -0.448 e. The van der Waals surface area contributed by atoms with Crippen LogP contribution < -0.4 is 5.32 Å². The fraction of sp³-hybridized carbons (Fsp3) is 0.211. The number of hydrogen-bond acceptors (Lipinski definition) is 4. The first-order valence-corrected chi connectivity index (χ1v) is 8.02. The summed E-state index contributed by atoms with van der Waals surface area (Å²) in [7, 11) is 0. The SMILES string of the molecule is Cc1ccc(CNC(=O)[C@@H](C)OC(=O)c2n[nH]c3ccccc23)cc1. The highest BCUT2D eigenvalue weighted by Gasteiger charge is 2.22. The molecule has 1 atom stereocenters. The molecule has 0 aliphatic carbocycles. The number of ether oxygens (including phenoxy) is 1. The summed E-state index contributed by atoms with van der Waals surface area (Å²) in [5, 5.41) is 10.2. The summed E-state index contributed by atoms with van der Waals surface area (Å²) in [6.45, 7) is 3.92. The second-order valence-corrected chi connectivity index (χ2v) is 5.87. The number of aromatic amines is 1. The molecule has 0 unspecified atom stereocenters. The summed E-state index contributed by atoms with van der Waals surface area (Å²) in [6.07, 6.45) is -0.909. The van der Waals surface area contributed by atoms with Gasteiger partial charge in [-0.1, -0.05) is 48.0 Å². The molecule has 128 valence electrons. The van der Waals surface area contributed by atoms with E-state index < -0.39 is 12.1 Å². The highest BCUT2D eigenvalue weighted by molar-refractivity contribution is 6.02. The van der Waals surface area contributed by atoms with E-state index in [0.29, 0.717) is 11.9 Å². The molecule has 2 N–H and O–H groups in total. The van der Waals surface area contributed by atoms with Gasteiger partial charge in [-0.15, -0.1) is 0 Å². The van der Waals surface area contributed by atoms with E-state index in [-0.39, 0.29) is 11.6 Å². The molecule has 0 aliphatic rings. The topological polar surface area (TPSA) is 84.1 Å². The summed E-state index contributed by atoms with van der Waals surface area (Å²) < 4.78 is 5.24. The summed E-state index contributed by atoms with van der Waals surface area (Å²) in [5.74, 6) is -0.982. The second-order valence-electron chi connectivity index (χ2n) is 5.87. The summed E-state index contributed by atoms with van der Waals surface area (Å²) in [6, 6.07) is 15.1. The third kappa shape index (κ3) is 3.85. The van der Waals surface area contributed by atoms with E-state index in [0.717, 1.165) is 16.6 Å². The van der Waals surface area contributed by atoms with Crippen LogP contribution in [0.2, 0.25) is 0 Å². The number of esters is 1. The summed E-state index contributed by atoms with van der Waals surface area (Å²) in [4.78, 5) is 24.4. The van der Waals surface area contributed by atoms with Crippen LogP contribution in [0.4, 0.5) is 0 Å². The van der Waals surface area contributed by atoms with Crippen molar-refractivity contribution < 1.29 is 14.3 Å². The van der Waals surface area contributed by atoms with Gasteiger partial charge in [0.15, 0.2) is 11.8 Å². The monoisotopic (exact) mass is 337 g/mol. The maximum absolute atomic E-state index is 12.3. The number of carbonyl (C=O) groups excluding carboxylic acids is 2. The molecule has 0 bridgehead atoms. The lowest BCUT2D eigenvalue weighted by Gasteiger charge is -2.13. The van der Waals surface area contributed by atoms with Gasteiger partial charge >= 0.3 is 5.97 Å². The number of aromatic nitrogens is 2. The van der Waals surface area contributed by atoms with E-state index in [9.17, 15) is 9.59 Å². The van der Waals surface area contributed by atoms with Crippen LogP contribution in [0, 0.1) is 6.92 Å². The van der Waals surface area contributed by atoms with Gasteiger partial charge in [-0.3, -0.25) is 9.89 Å². The van der Waals surface area contributed by atoms with Crippen molar-refractivity contribution in [2.75, 3.05) is 0 Å². The Labute approximate surface area is 145 Å². The van der Waals surface area contributed by atoms with Crippen LogP contribution in [0.5, 0.6) is 0 Å². The van der Waals surface area contributed by atoms with Gasteiger partial charge < -0.3 is 10.1 Å². The molecule has 1 amide bonds. The number of hydrogen-bond donors (Lipinski definition) is 2. The molecule has 0 saturated heterocycles.